The number of fused-ring (bicyclic) bond motifs is 1. The normalized spacial score (nSPS) is 13.4. The monoisotopic (exact) mass is 410 g/mol. The summed E-state index contributed by atoms with van der Waals surface area (Å²) in [6.45, 7) is -0.133. The van der Waals surface area contributed by atoms with E-state index in [1.165, 1.54) is 18.0 Å². The molecule has 0 aliphatic heterocycles. The van der Waals surface area contributed by atoms with E-state index in [0.29, 0.717) is 10.9 Å². The number of aliphatic hydroxyl groups is 1. The van der Waals surface area contributed by atoms with E-state index in [-0.39, 0.29) is 36.8 Å². The number of nitrogens with zero attached hydrogens (tertiary/aromatic N) is 2. The molecular weight excluding hydrogens is 388 g/mol. The van der Waals surface area contributed by atoms with Crippen molar-refractivity contribution >= 4 is 40.0 Å². The Hall–Kier alpha value is -2.84. The molecule has 0 unspecified atom stereocenters. The fourth-order valence-corrected chi connectivity index (χ4v) is 3.90. The summed E-state index contributed by atoms with van der Waals surface area (Å²) in [5.74, 6) is -0.119. The molecule has 1 aliphatic rings. The standard InChI is InChI=1S/C21H22N4O3S/c26-12-16-10-22-21(25(16)11-19(27)23-15-8-9-15)29-13-20(28)24-18-7-3-5-14-4-1-2-6-17(14)18/h1-7,10,15,26H,8-9,11-13H2,(H,23,27)(H,24,28). The predicted octanol–water partition coefficient (Wildman–Crippen LogP) is 2.54. The van der Waals surface area contributed by atoms with Crippen LogP contribution in [-0.4, -0.2) is 38.3 Å². The predicted molar refractivity (Wildman–Crippen MR) is 113 cm³/mol. The van der Waals surface area contributed by atoms with E-state index in [1.54, 1.807) is 4.57 Å². The number of hydrogen-bond donors (Lipinski definition) is 3. The van der Waals surface area contributed by atoms with Crippen LogP contribution in [0.15, 0.2) is 53.8 Å². The zero-order chi connectivity index (χ0) is 20.2. The van der Waals surface area contributed by atoms with Crippen LogP contribution in [0.5, 0.6) is 0 Å². The Balaban J connectivity index is 1.41. The minimum atomic E-state index is -0.216. The van der Waals surface area contributed by atoms with Crippen molar-refractivity contribution in [3.8, 4) is 0 Å². The van der Waals surface area contributed by atoms with E-state index < -0.39 is 0 Å². The topological polar surface area (TPSA) is 96.2 Å². The van der Waals surface area contributed by atoms with Crippen LogP contribution < -0.4 is 10.6 Å². The minimum Gasteiger partial charge on any atom is -0.390 e. The van der Waals surface area contributed by atoms with Crippen molar-refractivity contribution in [2.45, 2.75) is 37.2 Å². The molecule has 8 heteroatoms. The number of rotatable bonds is 8. The van der Waals surface area contributed by atoms with Gasteiger partial charge in [0.25, 0.3) is 0 Å². The van der Waals surface area contributed by atoms with E-state index in [2.05, 4.69) is 15.6 Å². The third-order valence-corrected chi connectivity index (χ3v) is 5.69. The summed E-state index contributed by atoms with van der Waals surface area (Å²) < 4.78 is 1.66. The first-order chi connectivity index (χ1) is 14.1. The lowest BCUT2D eigenvalue weighted by Crippen LogP contribution is -2.30. The van der Waals surface area contributed by atoms with Crippen LogP contribution >= 0.6 is 11.8 Å². The fraction of sp³-hybridized carbons (Fsp3) is 0.286. The largest absolute Gasteiger partial charge is 0.390 e. The molecule has 1 saturated carbocycles. The van der Waals surface area contributed by atoms with E-state index in [0.717, 1.165) is 29.3 Å². The maximum atomic E-state index is 12.5. The van der Waals surface area contributed by atoms with Crippen LogP contribution in [0.4, 0.5) is 5.69 Å². The summed E-state index contributed by atoms with van der Waals surface area (Å²) in [5.41, 5.74) is 1.31. The Bertz CT molecular complexity index is 1040. The summed E-state index contributed by atoms with van der Waals surface area (Å²) in [6, 6.07) is 13.9. The number of nitrogens with one attached hydrogen (secondary N) is 2. The number of imidazole rings is 1. The Kier molecular flexibility index (Phi) is 5.82. The number of aliphatic hydroxyl groups excluding tert-OH is 1. The zero-order valence-electron chi connectivity index (χ0n) is 15.8. The smallest absolute Gasteiger partial charge is 0.240 e. The lowest BCUT2D eigenvalue weighted by atomic mass is 10.1. The van der Waals surface area contributed by atoms with Gasteiger partial charge in [-0.25, -0.2) is 4.98 Å². The summed E-state index contributed by atoms with van der Waals surface area (Å²) in [7, 11) is 0. The van der Waals surface area contributed by atoms with Crippen LogP contribution in [0, 0.1) is 0 Å². The second kappa shape index (κ2) is 8.67. The van der Waals surface area contributed by atoms with Gasteiger partial charge in [0, 0.05) is 17.1 Å². The molecule has 0 saturated heterocycles. The molecule has 29 heavy (non-hydrogen) atoms. The second-order valence-corrected chi connectivity index (χ2v) is 7.92. The molecule has 2 amide bonds. The van der Waals surface area contributed by atoms with Crippen molar-refractivity contribution in [1.29, 1.82) is 0 Å². The van der Waals surface area contributed by atoms with Crippen molar-refractivity contribution < 1.29 is 14.7 Å². The Morgan fingerprint density at radius 1 is 1.14 bits per heavy atom. The molecule has 3 aromatic rings. The van der Waals surface area contributed by atoms with Gasteiger partial charge in [-0.3, -0.25) is 9.59 Å². The number of aromatic nitrogens is 2. The van der Waals surface area contributed by atoms with Gasteiger partial charge in [0.1, 0.15) is 6.54 Å². The lowest BCUT2D eigenvalue weighted by molar-refractivity contribution is -0.122. The van der Waals surface area contributed by atoms with Crippen LogP contribution in [-0.2, 0) is 22.7 Å². The van der Waals surface area contributed by atoms with Gasteiger partial charge >= 0.3 is 0 Å². The fourth-order valence-electron chi connectivity index (χ4n) is 3.10. The van der Waals surface area contributed by atoms with E-state index in [9.17, 15) is 14.7 Å². The molecule has 4 rings (SSSR count). The first kappa shape index (κ1) is 19.5. The molecule has 0 bridgehead atoms. The number of carbonyl (C=O) groups excluding carboxylic acids is 2. The van der Waals surface area contributed by atoms with Crippen molar-refractivity contribution in [3.05, 3.63) is 54.4 Å². The summed E-state index contributed by atoms with van der Waals surface area (Å²) in [5, 5.41) is 18.0. The van der Waals surface area contributed by atoms with Crippen molar-refractivity contribution in [3.63, 3.8) is 0 Å². The van der Waals surface area contributed by atoms with Gasteiger partial charge in [0.05, 0.1) is 24.3 Å². The highest BCUT2D eigenvalue weighted by molar-refractivity contribution is 7.99. The second-order valence-electron chi connectivity index (χ2n) is 6.98. The number of carbonyl (C=O) groups is 2. The van der Waals surface area contributed by atoms with E-state index >= 15 is 0 Å². The average molecular weight is 410 g/mol. The van der Waals surface area contributed by atoms with Gasteiger partial charge in [-0.15, -0.1) is 0 Å². The Labute approximate surface area is 172 Å². The number of benzene rings is 2. The number of hydrogen-bond acceptors (Lipinski definition) is 5. The maximum absolute atomic E-state index is 12.5. The number of thioether (sulfide) groups is 1. The van der Waals surface area contributed by atoms with Crippen molar-refractivity contribution in [2.75, 3.05) is 11.1 Å². The highest BCUT2D eigenvalue weighted by Gasteiger charge is 2.24. The first-order valence-electron chi connectivity index (χ1n) is 9.49. The van der Waals surface area contributed by atoms with Crippen LogP contribution in [0.3, 0.4) is 0 Å². The molecule has 1 aromatic heterocycles. The lowest BCUT2D eigenvalue weighted by Gasteiger charge is -2.11. The highest BCUT2D eigenvalue weighted by atomic mass is 32.2. The molecule has 7 nitrogen and oxygen atoms in total. The Morgan fingerprint density at radius 3 is 2.72 bits per heavy atom. The average Bonchev–Trinajstić information content (AvgIpc) is 3.45. The van der Waals surface area contributed by atoms with Crippen LogP contribution in [0.25, 0.3) is 10.8 Å². The zero-order valence-corrected chi connectivity index (χ0v) is 16.6. The molecule has 0 atom stereocenters. The van der Waals surface area contributed by atoms with Gasteiger partial charge < -0.3 is 20.3 Å². The molecule has 150 valence electrons. The van der Waals surface area contributed by atoms with Crippen molar-refractivity contribution in [1.82, 2.24) is 14.9 Å². The minimum absolute atomic E-state index is 0.0830. The van der Waals surface area contributed by atoms with Gasteiger partial charge in [-0.05, 0) is 24.3 Å². The Morgan fingerprint density at radius 2 is 1.93 bits per heavy atom. The first-order valence-corrected chi connectivity index (χ1v) is 10.5. The molecular formula is C21H22N4O3S. The van der Waals surface area contributed by atoms with Gasteiger partial charge in [-0.2, -0.15) is 0 Å². The van der Waals surface area contributed by atoms with Crippen LogP contribution in [0.2, 0.25) is 0 Å². The molecule has 2 aromatic carbocycles. The van der Waals surface area contributed by atoms with Crippen LogP contribution in [0.1, 0.15) is 18.5 Å². The number of anilines is 1. The molecule has 0 spiro atoms. The molecule has 1 fully saturated rings. The van der Waals surface area contributed by atoms with E-state index in [1.807, 2.05) is 42.5 Å². The van der Waals surface area contributed by atoms with Crippen molar-refractivity contribution in [2.24, 2.45) is 0 Å². The SMILES string of the molecule is O=C(CSc1ncc(CO)n1CC(=O)NC1CC1)Nc1cccc2ccccc12. The van der Waals surface area contributed by atoms with E-state index in [4.69, 9.17) is 0 Å². The highest BCUT2D eigenvalue weighted by Crippen LogP contribution is 2.24. The molecule has 3 N–H and O–H groups in total. The quantitative estimate of drug-likeness (QED) is 0.496. The van der Waals surface area contributed by atoms with Gasteiger partial charge in [0.15, 0.2) is 5.16 Å². The summed E-state index contributed by atoms with van der Waals surface area (Å²) in [4.78, 5) is 28.9. The molecule has 0 radical (unpaired) electrons. The summed E-state index contributed by atoms with van der Waals surface area (Å²) >= 11 is 1.24. The third-order valence-electron chi connectivity index (χ3n) is 4.70. The number of amides is 2. The summed E-state index contributed by atoms with van der Waals surface area (Å²) in [6.07, 6.45) is 3.56. The maximum Gasteiger partial charge on any atom is 0.240 e. The van der Waals surface area contributed by atoms with Gasteiger partial charge in [0.2, 0.25) is 11.8 Å². The molecule has 1 aliphatic carbocycles. The molecule has 1 heterocycles. The third kappa shape index (κ3) is 4.78. The van der Waals surface area contributed by atoms with Gasteiger partial charge in [-0.1, -0.05) is 48.2 Å².